The Balaban J connectivity index is 1.13. The molecule has 0 atom stereocenters. The quantitative estimate of drug-likeness (QED) is 0.357. The van der Waals surface area contributed by atoms with Gasteiger partial charge < -0.3 is 15.7 Å². The fourth-order valence-electron chi connectivity index (χ4n) is 5.93. The second-order valence-electron chi connectivity index (χ2n) is 11.2. The zero-order chi connectivity index (χ0) is 28.7. The minimum absolute atomic E-state index is 0.0297. The van der Waals surface area contributed by atoms with Crippen LogP contribution in [0.1, 0.15) is 36.8 Å². The normalized spacial score (nSPS) is 17.6. The number of piperidine rings is 1. The molecule has 0 unspecified atom stereocenters. The van der Waals surface area contributed by atoms with Crippen molar-refractivity contribution in [2.45, 2.75) is 50.9 Å². The molecule has 0 bridgehead atoms. The van der Waals surface area contributed by atoms with Crippen LogP contribution in [0.5, 0.6) is 0 Å². The second kappa shape index (κ2) is 10.8. The van der Waals surface area contributed by atoms with Crippen LogP contribution in [0.15, 0.2) is 53.6 Å². The predicted octanol–water partition coefficient (Wildman–Crippen LogP) is 2.55. The molecule has 0 saturated carbocycles. The van der Waals surface area contributed by atoms with Crippen LogP contribution in [-0.2, 0) is 31.5 Å². The maximum Gasteiger partial charge on any atom is 0.281 e. The van der Waals surface area contributed by atoms with E-state index >= 15 is 0 Å². The summed E-state index contributed by atoms with van der Waals surface area (Å²) in [5.41, 5.74) is 8.88. The summed E-state index contributed by atoms with van der Waals surface area (Å²) < 4.78 is 18.0. The zero-order valence-electron chi connectivity index (χ0n) is 23.1. The summed E-state index contributed by atoms with van der Waals surface area (Å²) in [6.07, 6.45) is 3.64. The molecule has 11 heteroatoms. The topological polar surface area (TPSA) is 123 Å². The maximum atomic E-state index is 14.9. The SMILES string of the molecule is Cn1nc2c(=O)n(CC3(O)CCN(Cc4ccc(N5CCCC5=O)cc4F)CC3)cnc2c1-c1ccc(CN)cc1. The summed E-state index contributed by atoms with van der Waals surface area (Å²) in [5.74, 6) is -0.305. The molecular formula is C30H34FN7O3. The van der Waals surface area contributed by atoms with Gasteiger partial charge in [0.15, 0.2) is 5.52 Å². The van der Waals surface area contributed by atoms with E-state index in [1.54, 1.807) is 28.8 Å². The van der Waals surface area contributed by atoms with Crippen molar-refractivity contribution in [3.8, 4) is 11.3 Å². The van der Waals surface area contributed by atoms with E-state index in [0.29, 0.717) is 68.8 Å². The van der Waals surface area contributed by atoms with Gasteiger partial charge in [-0.3, -0.25) is 23.7 Å². The smallest absolute Gasteiger partial charge is 0.281 e. The van der Waals surface area contributed by atoms with Gasteiger partial charge in [-0.2, -0.15) is 5.10 Å². The highest BCUT2D eigenvalue weighted by molar-refractivity contribution is 5.95. The average Bonchev–Trinajstić information content (AvgIpc) is 3.55. The average molecular weight is 560 g/mol. The van der Waals surface area contributed by atoms with Gasteiger partial charge in [0, 0.05) is 63.0 Å². The summed E-state index contributed by atoms with van der Waals surface area (Å²) in [4.78, 5) is 33.7. The molecule has 10 nitrogen and oxygen atoms in total. The number of benzene rings is 2. The Hall–Kier alpha value is -3.93. The minimum Gasteiger partial charge on any atom is -0.388 e. The number of nitrogens with two attached hydrogens (primary N) is 1. The van der Waals surface area contributed by atoms with Crippen molar-refractivity contribution in [3.05, 3.63) is 76.1 Å². The molecule has 6 rings (SSSR count). The van der Waals surface area contributed by atoms with Crippen LogP contribution in [0.25, 0.3) is 22.3 Å². The molecule has 0 aliphatic carbocycles. The number of amides is 1. The molecule has 2 aliphatic rings. The number of halogens is 1. The van der Waals surface area contributed by atoms with Gasteiger partial charge in [0.05, 0.1) is 24.2 Å². The molecule has 214 valence electrons. The van der Waals surface area contributed by atoms with Crippen LogP contribution >= 0.6 is 0 Å². The number of hydrogen-bond acceptors (Lipinski definition) is 7. The van der Waals surface area contributed by atoms with Crippen LogP contribution in [0.2, 0.25) is 0 Å². The lowest BCUT2D eigenvalue weighted by Gasteiger charge is -2.38. The molecule has 2 saturated heterocycles. The fourth-order valence-corrected chi connectivity index (χ4v) is 5.93. The number of aryl methyl sites for hydroxylation is 1. The Bertz CT molecular complexity index is 1660. The molecule has 1 amide bonds. The Morgan fingerprint density at radius 2 is 1.80 bits per heavy atom. The number of likely N-dealkylation sites (tertiary alicyclic amines) is 1. The number of carbonyl (C=O) groups excluding carboxylic acids is 1. The third kappa shape index (κ3) is 5.28. The van der Waals surface area contributed by atoms with Crippen molar-refractivity contribution in [1.82, 2.24) is 24.2 Å². The van der Waals surface area contributed by atoms with E-state index in [0.717, 1.165) is 23.2 Å². The van der Waals surface area contributed by atoms with E-state index in [1.807, 2.05) is 24.3 Å². The molecule has 41 heavy (non-hydrogen) atoms. The Morgan fingerprint density at radius 1 is 1.05 bits per heavy atom. The van der Waals surface area contributed by atoms with Gasteiger partial charge in [-0.05, 0) is 37.0 Å². The molecule has 3 N–H and O–H groups in total. The number of fused-ring (bicyclic) bond motifs is 1. The second-order valence-corrected chi connectivity index (χ2v) is 11.2. The number of aliphatic hydroxyl groups is 1. The number of anilines is 1. The van der Waals surface area contributed by atoms with Crippen LogP contribution in [0.4, 0.5) is 10.1 Å². The highest BCUT2D eigenvalue weighted by Crippen LogP contribution is 2.29. The lowest BCUT2D eigenvalue weighted by molar-refractivity contribution is -0.117. The van der Waals surface area contributed by atoms with Crippen molar-refractivity contribution in [2.75, 3.05) is 24.5 Å². The van der Waals surface area contributed by atoms with E-state index in [-0.39, 0.29) is 29.3 Å². The van der Waals surface area contributed by atoms with Gasteiger partial charge in [-0.15, -0.1) is 0 Å². The van der Waals surface area contributed by atoms with Gasteiger partial charge in [0.1, 0.15) is 11.3 Å². The van der Waals surface area contributed by atoms with Crippen LogP contribution < -0.4 is 16.2 Å². The van der Waals surface area contributed by atoms with E-state index in [9.17, 15) is 19.1 Å². The molecule has 0 radical (unpaired) electrons. The molecule has 4 heterocycles. The highest BCUT2D eigenvalue weighted by Gasteiger charge is 2.34. The Morgan fingerprint density at radius 3 is 2.46 bits per heavy atom. The number of hydrogen-bond donors (Lipinski definition) is 2. The van der Waals surface area contributed by atoms with E-state index < -0.39 is 5.60 Å². The number of rotatable bonds is 7. The molecule has 2 aromatic carbocycles. The first-order valence-electron chi connectivity index (χ1n) is 14.0. The molecule has 0 spiro atoms. The fraction of sp³-hybridized carbons (Fsp3) is 0.400. The van der Waals surface area contributed by atoms with Gasteiger partial charge >= 0.3 is 0 Å². The third-order valence-electron chi connectivity index (χ3n) is 8.34. The predicted molar refractivity (Wildman–Crippen MR) is 154 cm³/mol. The summed E-state index contributed by atoms with van der Waals surface area (Å²) in [6.45, 7) is 2.69. The van der Waals surface area contributed by atoms with Crippen LogP contribution in [0, 0.1) is 5.82 Å². The first-order chi connectivity index (χ1) is 19.7. The molecule has 4 aromatic rings. The maximum absolute atomic E-state index is 14.9. The highest BCUT2D eigenvalue weighted by atomic mass is 19.1. The Labute approximate surface area is 236 Å². The summed E-state index contributed by atoms with van der Waals surface area (Å²) in [6, 6.07) is 12.7. The largest absolute Gasteiger partial charge is 0.388 e. The van der Waals surface area contributed by atoms with Crippen molar-refractivity contribution in [2.24, 2.45) is 12.8 Å². The van der Waals surface area contributed by atoms with Gasteiger partial charge in [0.2, 0.25) is 5.91 Å². The van der Waals surface area contributed by atoms with E-state index in [4.69, 9.17) is 5.73 Å². The summed E-state index contributed by atoms with van der Waals surface area (Å²) in [7, 11) is 1.78. The third-order valence-corrected chi connectivity index (χ3v) is 8.34. The molecule has 2 aromatic heterocycles. The minimum atomic E-state index is -1.09. The standard InChI is InChI=1S/C30H34FN7O3/c1-35-28(21-6-4-20(16-32)5-7-21)26-27(34-35)29(40)37(19-33-26)18-30(41)10-13-36(14-11-30)17-22-8-9-23(15-24(22)31)38-12-2-3-25(38)39/h4-9,15,19,41H,2-3,10-14,16-18,32H2,1H3. The first-order valence-corrected chi connectivity index (χ1v) is 14.0. The zero-order valence-corrected chi connectivity index (χ0v) is 23.1. The van der Waals surface area contributed by atoms with E-state index in [2.05, 4.69) is 15.0 Å². The number of aromatic nitrogens is 4. The number of carbonyl (C=O) groups is 1. The first kappa shape index (κ1) is 27.3. The van der Waals surface area contributed by atoms with Crippen LogP contribution in [0.3, 0.4) is 0 Å². The lowest BCUT2D eigenvalue weighted by atomic mass is 9.91. The van der Waals surface area contributed by atoms with Gasteiger partial charge in [-0.25, -0.2) is 9.37 Å². The van der Waals surface area contributed by atoms with Crippen molar-refractivity contribution in [1.29, 1.82) is 0 Å². The monoisotopic (exact) mass is 559 g/mol. The Kier molecular flexibility index (Phi) is 7.18. The van der Waals surface area contributed by atoms with Crippen LogP contribution in [-0.4, -0.2) is 60.5 Å². The lowest BCUT2D eigenvalue weighted by Crippen LogP contribution is -2.47. The summed E-state index contributed by atoms with van der Waals surface area (Å²) >= 11 is 0. The summed E-state index contributed by atoms with van der Waals surface area (Å²) in [5, 5.41) is 15.8. The van der Waals surface area contributed by atoms with Gasteiger partial charge in [-0.1, -0.05) is 30.3 Å². The van der Waals surface area contributed by atoms with Gasteiger partial charge in [0.25, 0.3) is 5.56 Å². The molecule has 2 fully saturated rings. The molecule has 2 aliphatic heterocycles. The molecular weight excluding hydrogens is 525 g/mol. The van der Waals surface area contributed by atoms with Crippen molar-refractivity contribution >= 4 is 22.6 Å². The number of nitrogens with zero attached hydrogens (tertiary/aromatic N) is 6. The van der Waals surface area contributed by atoms with E-state index in [1.165, 1.54) is 17.0 Å². The van der Waals surface area contributed by atoms with Crippen molar-refractivity contribution < 1.29 is 14.3 Å². The van der Waals surface area contributed by atoms with Crippen molar-refractivity contribution in [3.63, 3.8) is 0 Å².